The summed E-state index contributed by atoms with van der Waals surface area (Å²) in [6.45, 7) is 0. The maximum Gasteiger partial charge on any atom is 0.350 e. The molecule has 2 heterocycles. The summed E-state index contributed by atoms with van der Waals surface area (Å²) < 4.78 is 22.5. The number of ether oxygens (including phenoxy) is 1. The average Bonchev–Trinajstić information content (AvgIpc) is 3.68. The van der Waals surface area contributed by atoms with Gasteiger partial charge in [0.25, 0.3) is 5.91 Å². The van der Waals surface area contributed by atoms with Crippen LogP contribution < -0.4 is 21.1 Å². The third kappa shape index (κ3) is 5.36. The molecule has 0 radical (unpaired) electrons. The molecule has 10 nitrogen and oxygen atoms in total. The van der Waals surface area contributed by atoms with Crippen molar-refractivity contribution in [2.75, 3.05) is 10.6 Å². The van der Waals surface area contributed by atoms with Crippen LogP contribution in [0.1, 0.15) is 23.5 Å². The standard InChI is InChI=1S/C25H20ClFN6O4/c1-32-22(31-33(25(32)36)17-7-4-15(26)5-8-17)24(35)29-16-6-9-20(19(27)12-16)37-18-10-11-28-21(13-18)30-23(34)14-2-3-14/h4-14H,2-3H2,1H3,(H,29,35)(H,28,30,34). The topological polar surface area (TPSA) is 120 Å². The normalized spacial score (nSPS) is 12.7. The average molecular weight is 523 g/mol. The maximum absolute atomic E-state index is 14.8. The Bertz CT molecular complexity index is 1560. The summed E-state index contributed by atoms with van der Waals surface area (Å²) >= 11 is 5.89. The van der Waals surface area contributed by atoms with Gasteiger partial charge in [-0.05, 0) is 55.3 Å². The van der Waals surface area contributed by atoms with Crippen molar-refractivity contribution in [3.05, 3.63) is 87.9 Å². The Hall–Kier alpha value is -4.51. The van der Waals surface area contributed by atoms with Gasteiger partial charge in [0.05, 0.1) is 5.69 Å². The van der Waals surface area contributed by atoms with Crippen LogP contribution in [0.25, 0.3) is 5.69 Å². The van der Waals surface area contributed by atoms with E-state index in [0.717, 1.165) is 28.2 Å². The predicted molar refractivity (Wildman–Crippen MR) is 134 cm³/mol. The molecule has 0 bridgehead atoms. The van der Waals surface area contributed by atoms with Gasteiger partial charge in [0.1, 0.15) is 11.6 Å². The highest BCUT2D eigenvalue weighted by molar-refractivity contribution is 6.30. The van der Waals surface area contributed by atoms with Gasteiger partial charge in [-0.3, -0.25) is 14.2 Å². The molecule has 0 unspecified atom stereocenters. The van der Waals surface area contributed by atoms with Crippen LogP contribution >= 0.6 is 11.6 Å². The van der Waals surface area contributed by atoms with Gasteiger partial charge in [-0.1, -0.05) is 11.6 Å². The Morgan fingerprint density at radius 3 is 2.54 bits per heavy atom. The number of halogens is 2. The molecule has 12 heteroatoms. The van der Waals surface area contributed by atoms with Gasteiger partial charge in [0.2, 0.25) is 11.7 Å². The molecule has 2 aromatic carbocycles. The molecule has 188 valence electrons. The fourth-order valence-electron chi connectivity index (χ4n) is 3.48. The molecule has 1 saturated carbocycles. The lowest BCUT2D eigenvalue weighted by Gasteiger charge is -2.10. The third-order valence-corrected chi connectivity index (χ3v) is 5.86. The first-order valence-electron chi connectivity index (χ1n) is 11.3. The van der Waals surface area contributed by atoms with Crippen molar-refractivity contribution in [1.82, 2.24) is 19.3 Å². The van der Waals surface area contributed by atoms with Crippen molar-refractivity contribution in [3.63, 3.8) is 0 Å². The number of aromatic nitrogens is 4. The van der Waals surface area contributed by atoms with Crippen molar-refractivity contribution in [2.24, 2.45) is 13.0 Å². The van der Waals surface area contributed by atoms with Crippen molar-refractivity contribution in [2.45, 2.75) is 12.8 Å². The number of hydrogen-bond donors (Lipinski definition) is 2. The molecule has 0 spiro atoms. The van der Waals surface area contributed by atoms with E-state index in [4.69, 9.17) is 16.3 Å². The van der Waals surface area contributed by atoms with Crippen molar-refractivity contribution >= 4 is 34.9 Å². The SMILES string of the molecule is Cn1c(C(=O)Nc2ccc(Oc3ccnc(NC(=O)C4CC4)c3)c(F)c2)nn(-c2ccc(Cl)cc2)c1=O. The summed E-state index contributed by atoms with van der Waals surface area (Å²) in [5, 5.41) is 9.83. The lowest BCUT2D eigenvalue weighted by molar-refractivity contribution is -0.117. The van der Waals surface area contributed by atoms with Crippen LogP contribution in [0.3, 0.4) is 0 Å². The Morgan fingerprint density at radius 2 is 1.84 bits per heavy atom. The zero-order valence-electron chi connectivity index (χ0n) is 19.4. The van der Waals surface area contributed by atoms with E-state index >= 15 is 0 Å². The number of pyridine rings is 1. The van der Waals surface area contributed by atoms with Crippen LogP contribution in [-0.4, -0.2) is 31.1 Å². The fraction of sp³-hybridized carbons (Fsp3) is 0.160. The Balaban J connectivity index is 1.29. The number of hydrogen-bond acceptors (Lipinski definition) is 6. The van der Waals surface area contributed by atoms with E-state index in [-0.39, 0.29) is 34.8 Å². The van der Waals surface area contributed by atoms with Crippen LogP contribution in [0.5, 0.6) is 11.5 Å². The van der Waals surface area contributed by atoms with Gasteiger partial charge in [-0.15, -0.1) is 5.10 Å². The van der Waals surface area contributed by atoms with E-state index in [9.17, 15) is 18.8 Å². The molecule has 2 amide bonds. The largest absolute Gasteiger partial charge is 0.454 e. The van der Waals surface area contributed by atoms with Crippen LogP contribution in [0.4, 0.5) is 15.9 Å². The first-order valence-corrected chi connectivity index (χ1v) is 11.6. The molecule has 0 aliphatic heterocycles. The van der Waals surface area contributed by atoms with Gasteiger partial charge in [0.15, 0.2) is 11.6 Å². The number of amides is 2. The maximum atomic E-state index is 14.8. The highest BCUT2D eigenvalue weighted by Gasteiger charge is 2.29. The van der Waals surface area contributed by atoms with Crippen LogP contribution in [0.2, 0.25) is 5.02 Å². The number of nitrogens with one attached hydrogen (secondary N) is 2. The number of rotatable bonds is 7. The molecule has 0 atom stereocenters. The molecule has 1 aliphatic carbocycles. The quantitative estimate of drug-likeness (QED) is 0.376. The molecular formula is C25H20ClFN6O4. The van der Waals surface area contributed by atoms with Crippen molar-refractivity contribution in [3.8, 4) is 17.2 Å². The lowest BCUT2D eigenvalue weighted by Crippen LogP contribution is -2.24. The van der Waals surface area contributed by atoms with Crippen LogP contribution in [0.15, 0.2) is 65.6 Å². The molecule has 1 fully saturated rings. The summed E-state index contributed by atoms with van der Waals surface area (Å²) in [7, 11) is 1.41. The Labute approximate surface area is 214 Å². The summed E-state index contributed by atoms with van der Waals surface area (Å²) in [5.41, 5.74) is 0.0332. The molecule has 2 N–H and O–H groups in total. The van der Waals surface area contributed by atoms with E-state index in [1.165, 1.54) is 37.5 Å². The van der Waals surface area contributed by atoms with E-state index in [2.05, 4.69) is 20.7 Å². The first kappa shape index (κ1) is 24.2. The first-order chi connectivity index (χ1) is 17.8. The summed E-state index contributed by atoms with van der Waals surface area (Å²) in [4.78, 5) is 41.4. The van der Waals surface area contributed by atoms with E-state index in [1.807, 2.05) is 0 Å². The smallest absolute Gasteiger partial charge is 0.350 e. The fourth-order valence-corrected chi connectivity index (χ4v) is 3.60. The van der Waals surface area contributed by atoms with Crippen molar-refractivity contribution in [1.29, 1.82) is 0 Å². The number of benzene rings is 2. The number of nitrogens with zero attached hydrogens (tertiary/aromatic N) is 4. The Morgan fingerprint density at radius 1 is 1.08 bits per heavy atom. The van der Waals surface area contributed by atoms with Crippen molar-refractivity contribution < 1.29 is 18.7 Å². The minimum atomic E-state index is -0.737. The Kier molecular flexibility index (Phi) is 6.45. The molecule has 0 saturated heterocycles. The second kappa shape index (κ2) is 9.86. The molecular weight excluding hydrogens is 503 g/mol. The zero-order valence-corrected chi connectivity index (χ0v) is 20.2. The van der Waals surface area contributed by atoms with E-state index in [0.29, 0.717) is 16.5 Å². The third-order valence-electron chi connectivity index (χ3n) is 5.60. The monoisotopic (exact) mass is 522 g/mol. The highest BCUT2D eigenvalue weighted by atomic mass is 35.5. The summed E-state index contributed by atoms with van der Waals surface area (Å²) in [5.74, 6) is -1.21. The molecule has 37 heavy (non-hydrogen) atoms. The number of carbonyl (C=O) groups excluding carboxylic acids is 2. The minimum Gasteiger partial charge on any atom is -0.454 e. The van der Waals surface area contributed by atoms with Gasteiger partial charge in [0, 0.05) is 42.0 Å². The molecule has 5 rings (SSSR count). The summed E-state index contributed by atoms with van der Waals surface area (Å²) in [6.07, 6.45) is 3.16. The minimum absolute atomic E-state index is 0.0141. The van der Waals surface area contributed by atoms with Gasteiger partial charge < -0.3 is 15.4 Å². The van der Waals surface area contributed by atoms with Crippen LogP contribution in [0, 0.1) is 11.7 Å². The van der Waals surface area contributed by atoms with Gasteiger partial charge in [-0.25, -0.2) is 14.2 Å². The lowest BCUT2D eigenvalue weighted by atomic mass is 10.2. The summed E-state index contributed by atoms with van der Waals surface area (Å²) in [6, 6.07) is 13.3. The van der Waals surface area contributed by atoms with E-state index in [1.54, 1.807) is 24.3 Å². The zero-order chi connectivity index (χ0) is 26.1. The van der Waals surface area contributed by atoms with Gasteiger partial charge in [-0.2, -0.15) is 4.68 Å². The predicted octanol–water partition coefficient (Wildman–Crippen LogP) is 4.15. The van der Waals surface area contributed by atoms with Crippen LogP contribution in [-0.2, 0) is 11.8 Å². The highest BCUT2D eigenvalue weighted by Crippen LogP contribution is 2.31. The molecule has 1 aliphatic rings. The number of anilines is 2. The second-order valence-corrected chi connectivity index (χ2v) is 8.83. The van der Waals surface area contributed by atoms with E-state index < -0.39 is 17.4 Å². The molecule has 4 aromatic rings. The second-order valence-electron chi connectivity index (χ2n) is 8.40. The molecule has 2 aromatic heterocycles. The van der Waals surface area contributed by atoms with Gasteiger partial charge >= 0.3 is 5.69 Å². The number of carbonyl (C=O) groups is 2.